The van der Waals surface area contributed by atoms with E-state index in [-0.39, 0.29) is 23.1 Å². The van der Waals surface area contributed by atoms with Gasteiger partial charge in [-0.25, -0.2) is 8.42 Å². The number of hydrogen-bond acceptors (Lipinski definition) is 4. The number of hydrogen-bond donors (Lipinski definition) is 1. The van der Waals surface area contributed by atoms with E-state index in [4.69, 9.17) is 16.7 Å². The Morgan fingerprint density at radius 1 is 1.47 bits per heavy atom. The second-order valence-electron chi connectivity index (χ2n) is 3.43. The van der Waals surface area contributed by atoms with Gasteiger partial charge in [-0.3, -0.25) is 4.98 Å². The normalized spacial score (nSPS) is 12.0. The molecule has 17 heavy (non-hydrogen) atoms. The Bertz CT molecular complexity index is 458. The summed E-state index contributed by atoms with van der Waals surface area (Å²) in [5.74, 6) is 0. The molecule has 0 saturated heterocycles. The summed E-state index contributed by atoms with van der Waals surface area (Å²) in [5.41, 5.74) is 0. The molecule has 0 amide bonds. The van der Waals surface area contributed by atoms with Gasteiger partial charge >= 0.3 is 0 Å². The van der Waals surface area contributed by atoms with Crippen LogP contribution in [0.15, 0.2) is 23.4 Å². The molecule has 1 N–H and O–H groups in total. The third-order valence-corrected chi connectivity index (χ3v) is 4.54. The lowest BCUT2D eigenvalue weighted by molar-refractivity contribution is 0.253. The van der Waals surface area contributed by atoms with Crippen LogP contribution in [0.5, 0.6) is 0 Å². The van der Waals surface area contributed by atoms with E-state index in [9.17, 15) is 8.42 Å². The molecule has 0 aliphatic carbocycles. The maximum absolute atomic E-state index is 12.2. The fourth-order valence-electron chi connectivity index (χ4n) is 1.41. The van der Waals surface area contributed by atoms with E-state index < -0.39 is 10.0 Å². The van der Waals surface area contributed by atoms with Crippen molar-refractivity contribution in [3.8, 4) is 0 Å². The van der Waals surface area contributed by atoms with Crippen molar-refractivity contribution >= 4 is 21.6 Å². The van der Waals surface area contributed by atoms with Gasteiger partial charge in [-0.15, -0.1) is 0 Å². The van der Waals surface area contributed by atoms with Gasteiger partial charge in [-0.05, 0) is 12.5 Å². The first kappa shape index (κ1) is 14.4. The molecule has 1 aromatic rings. The molecule has 0 atom stereocenters. The molecule has 0 radical (unpaired) electrons. The van der Waals surface area contributed by atoms with Gasteiger partial charge in [0.25, 0.3) is 0 Å². The first-order chi connectivity index (χ1) is 8.04. The van der Waals surface area contributed by atoms with Crippen molar-refractivity contribution in [1.29, 1.82) is 0 Å². The van der Waals surface area contributed by atoms with E-state index in [2.05, 4.69) is 4.98 Å². The Hall–Kier alpha value is -0.690. The van der Waals surface area contributed by atoms with E-state index >= 15 is 0 Å². The lowest BCUT2D eigenvalue weighted by Crippen LogP contribution is -2.34. The summed E-state index contributed by atoms with van der Waals surface area (Å²) in [4.78, 5) is 3.74. The highest BCUT2D eigenvalue weighted by Gasteiger charge is 2.25. The average molecular weight is 279 g/mol. The maximum Gasteiger partial charge on any atom is 0.246 e. The molecule has 96 valence electrons. The van der Waals surface area contributed by atoms with E-state index in [1.165, 1.54) is 22.8 Å². The number of aromatic nitrogens is 1. The zero-order chi connectivity index (χ0) is 12.9. The zero-order valence-corrected chi connectivity index (χ0v) is 11.1. The fourth-order valence-corrected chi connectivity index (χ4v) is 3.33. The van der Waals surface area contributed by atoms with Crippen molar-refractivity contribution in [1.82, 2.24) is 9.29 Å². The molecule has 0 unspecified atom stereocenters. The average Bonchev–Trinajstić information content (AvgIpc) is 2.29. The Morgan fingerprint density at radius 2 is 2.18 bits per heavy atom. The number of nitrogens with zero attached hydrogens (tertiary/aromatic N) is 2. The summed E-state index contributed by atoms with van der Waals surface area (Å²) >= 11 is 5.84. The molecule has 0 saturated carbocycles. The fraction of sp³-hybridized carbons (Fsp3) is 0.500. The van der Waals surface area contributed by atoms with Gasteiger partial charge in [-0.2, -0.15) is 4.31 Å². The Kier molecular flexibility index (Phi) is 5.32. The molecule has 0 aliphatic rings. The molecule has 0 spiro atoms. The van der Waals surface area contributed by atoms with Crippen LogP contribution in [0.2, 0.25) is 5.02 Å². The molecule has 1 heterocycles. The standard InChI is InChI=1S/C10H15ClN2O3S/c1-2-5-13(6-7-14)17(15,16)10-8-12-4-3-9(10)11/h3-4,8,14H,2,5-7H2,1H3. The summed E-state index contributed by atoms with van der Waals surface area (Å²) in [7, 11) is -3.68. The van der Waals surface area contributed by atoms with Gasteiger partial charge in [0.2, 0.25) is 10.0 Å². The van der Waals surface area contributed by atoms with Crippen LogP contribution < -0.4 is 0 Å². The van der Waals surface area contributed by atoms with E-state index in [0.717, 1.165) is 0 Å². The van der Waals surface area contributed by atoms with Crippen LogP contribution >= 0.6 is 11.6 Å². The number of pyridine rings is 1. The first-order valence-corrected chi connectivity index (χ1v) is 7.06. The second-order valence-corrected chi connectivity index (χ2v) is 5.75. The lowest BCUT2D eigenvalue weighted by Gasteiger charge is -2.20. The van der Waals surface area contributed by atoms with Gasteiger partial charge in [-0.1, -0.05) is 18.5 Å². The van der Waals surface area contributed by atoms with Crippen LogP contribution in [-0.2, 0) is 10.0 Å². The number of sulfonamides is 1. The molecule has 0 aliphatic heterocycles. The van der Waals surface area contributed by atoms with Crippen molar-refractivity contribution in [3.63, 3.8) is 0 Å². The number of halogens is 1. The minimum absolute atomic E-state index is 0.0245. The Morgan fingerprint density at radius 3 is 2.71 bits per heavy atom. The Balaban J connectivity index is 3.12. The minimum Gasteiger partial charge on any atom is -0.395 e. The van der Waals surface area contributed by atoms with Gasteiger partial charge in [0.1, 0.15) is 4.90 Å². The highest BCUT2D eigenvalue weighted by atomic mass is 35.5. The molecule has 1 rings (SSSR count). The lowest BCUT2D eigenvalue weighted by atomic mass is 10.5. The highest BCUT2D eigenvalue weighted by molar-refractivity contribution is 7.89. The zero-order valence-electron chi connectivity index (χ0n) is 9.50. The van der Waals surface area contributed by atoms with Crippen LogP contribution in [0.1, 0.15) is 13.3 Å². The minimum atomic E-state index is -3.68. The smallest absolute Gasteiger partial charge is 0.246 e. The van der Waals surface area contributed by atoms with Gasteiger partial charge < -0.3 is 5.11 Å². The second kappa shape index (κ2) is 6.30. The molecule has 0 bridgehead atoms. The Labute approximate surface area is 106 Å². The molecule has 5 nitrogen and oxygen atoms in total. The van der Waals surface area contributed by atoms with Crippen molar-refractivity contribution in [3.05, 3.63) is 23.5 Å². The number of aliphatic hydroxyl groups excluding tert-OH is 1. The molecule has 7 heteroatoms. The predicted octanol–water partition coefficient (Wildman–Crippen LogP) is 1.13. The molecule has 0 fully saturated rings. The monoisotopic (exact) mass is 278 g/mol. The van der Waals surface area contributed by atoms with Crippen LogP contribution in [-0.4, -0.2) is 42.5 Å². The van der Waals surface area contributed by atoms with Crippen LogP contribution in [0.3, 0.4) is 0 Å². The first-order valence-electron chi connectivity index (χ1n) is 5.24. The van der Waals surface area contributed by atoms with Crippen LogP contribution in [0.4, 0.5) is 0 Å². The predicted molar refractivity (Wildman–Crippen MR) is 65.4 cm³/mol. The van der Waals surface area contributed by atoms with Gasteiger partial charge in [0.05, 0.1) is 11.6 Å². The van der Waals surface area contributed by atoms with Crippen LogP contribution in [0.25, 0.3) is 0 Å². The molecular weight excluding hydrogens is 264 g/mol. The third kappa shape index (κ3) is 3.38. The summed E-state index contributed by atoms with van der Waals surface area (Å²) in [6.45, 7) is 2.04. The van der Waals surface area contributed by atoms with Crippen molar-refractivity contribution < 1.29 is 13.5 Å². The summed E-state index contributed by atoms with van der Waals surface area (Å²) in [5, 5.41) is 9.03. The summed E-state index contributed by atoms with van der Waals surface area (Å²) in [6, 6.07) is 1.43. The van der Waals surface area contributed by atoms with Crippen molar-refractivity contribution in [2.75, 3.05) is 19.7 Å². The van der Waals surface area contributed by atoms with E-state index in [1.54, 1.807) is 0 Å². The highest BCUT2D eigenvalue weighted by Crippen LogP contribution is 2.23. The topological polar surface area (TPSA) is 70.5 Å². The SMILES string of the molecule is CCCN(CCO)S(=O)(=O)c1cnccc1Cl. The van der Waals surface area contributed by atoms with Crippen molar-refractivity contribution in [2.24, 2.45) is 0 Å². The molecular formula is C10H15ClN2O3S. The van der Waals surface area contributed by atoms with E-state index in [1.807, 2.05) is 6.92 Å². The van der Waals surface area contributed by atoms with Gasteiger partial charge in [0, 0.05) is 25.5 Å². The third-order valence-electron chi connectivity index (χ3n) is 2.17. The van der Waals surface area contributed by atoms with Crippen molar-refractivity contribution in [2.45, 2.75) is 18.2 Å². The summed E-state index contributed by atoms with van der Waals surface area (Å²) < 4.78 is 25.7. The quantitative estimate of drug-likeness (QED) is 0.847. The largest absolute Gasteiger partial charge is 0.395 e. The molecule has 0 aromatic carbocycles. The molecule has 1 aromatic heterocycles. The van der Waals surface area contributed by atoms with Crippen LogP contribution in [0, 0.1) is 0 Å². The summed E-state index contributed by atoms with van der Waals surface area (Å²) in [6.07, 6.45) is 3.31. The van der Waals surface area contributed by atoms with E-state index in [0.29, 0.717) is 13.0 Å². The van der Waals surface area contributed by atoms with Gasteiger partial charge in [0.15, 0.2) is 0 Å². The maximum atomic E-state index is 12.2. The number of rotatable bonds is 6. The number of aliphatic hydroxyl groups is 1.